The first-order valence-electron chi connectivity index (χ1n) is 9.56. The van der Waals surface area contributed by atoms with E-state index in [9.17, 15) is 9.59 Å². The Hall–Kier alpha value is -3.08. The maximum Gasteiger partial charge on any atom is 0.415 e. The summed E-state index contributed by atoms with van der Waals surface area (Å²) in [5, 5.41) is 0. The molecule has 0 N–H and O–H groups in total. The minimum Gasteiger partial charge on any atom is -0.496 e. The SMILES string of the molecule is COc1ccccc1-c1ccc2c(c1)C=C(C=O)C(C)(C)N2C(=O)OC(C)(C)C. The van der Waals surface area contributed by atoms with Crippen LogP contribution >= 0.6 is 0 Å². The van der Waals surface area contributed by atoms with Crippen LogP contribution in [0.1, 0.15) is 40.2 Å². The lowest BCUT2D eigenvalue weighted by Crippen LogP contribution is -2.53. The summed E-state index contributed by atoms with van der Waals surface area (Å²) in [5.41, 5.74) is 2.39. The second-order valence-corrected chi connectivity index (χ2v) is 8.57. The van der Waals surface area contributed by atoms with E-state index in [1.807, 2.05) is 83.2 Å². The third-order valence-corrected chi connectivity index (χ3v) is 4.97. The molecule has 1 aliphatic rings. The number of hydrogen-bond donors (Lipinski definition) is 0. The highest BCUT2D eigenvalue weighted by molar-refractivity contribution is 6.01. The van der Waals surface area contributed by atoms with Gasteiger partial charge in [-0.25, -0.2) is 4.79 Å². The largest absolute Gasteiger partial charge is 0.496 e. The van der Waals surface area contributed by atoms with Crippen molar-refractivity contribution in [1.29, 1.82) is 0 Å². The van der Waals surface area contributed by atoms with E-state index >= 15 is 0 Å². The van der Waals surface area contributed by atoms with E-state index < -0.39 is 17.2 Å². The first kappa shape index (κ1) is 20.6. The van der Waals surface area contributed by atoms with Crippen molar-refractivity contribution in [3.63, 3.8) is 0 Å². The van der Waals surface area contributed by atoms with Crippen LogP contribution in [0.5, 0.6) is 5.75 Å². The molecule has 2 aromatic rings. The highest BCUT2D eigenvalue weighted by Gasteiger charge is 2.41. The van der Waals surface area contributed by atoms with Crippen LogP contribution in [0.3, 0.4) is 0 Å². The van der Waals surface area contributed by atoms with E-state index in [-0.39, 0.29) is 0 Å². The van der Waals surface area contributed by atoms with E-state index in [1.165, 1.54) is 0 Å². The van der Waals surface area contributed by atoms with Crippen molar-refractivity contribution in [3.05, 3.63) is 53.6 Å². The average molecular weight is 393 g/mol. The molecular formula is C24H27NO4. The fourth-order valence-corrected chi connectivity index (χ4v) is 3.51. The highest BCUT2D eigenvalue weighted by Crippen LogP contribution is 2.42. The molecule has 1 amide bonds. The van der Waals surface area contributed by atoms with Gasteiger partial charge >= 0.3 is 6.09 Å². The van der Waals surface area contributed by atoms with Crippen molar-refractivity contribution >= 4 is 24.1 Å². The highest BCUT2D eigenvalue weighted by atomic mass is 16.6. The average Bonchev–Trinajstić information content (AvgIpc) is 2.65. The normalized spacial score (nSPS) is 15.2. The molecule has 2 aromatic carbocycles. The monoisotopic (exact) mass is 393 g/mol. The smallest absolute Gasteiger partial charge is 0.415 e. The number of nitrogens with zero attached hydrogens (tertiary/aromatic N) is 1. The molecule has 5 nitrogen and oxygen atoms in total. The van der Waals surface area contributed by atoms with Gasteiger partial charge in [-0.1, -0.05) is 24.3 Å². The van der Waals surface area contributed by atoms with Gasteiger partial charge in [0.15, 0.2) is 0 Å². The molecule has 0 unspecified atom stereocenters. The number of rotatable bonds is 3. The molecule has 0 fully saturated rings. The maximum absolute atomic E-state index is 13.0. The van der Waals surface area contributed by atoms with Gasteiger partial charge in [0.1, 0.15) is 17.6 Å². The lowest BCUT2D eigenvalue weighted by Gasteiger charge is -2.42. The number of hydrogen-bond acceptors (Lipinski definition) is 4. The molecule has 0 saturated heterocycles. The number of carbonyl (C=O) groups excluding carboxylic acids is 2. The number of carbonyl (C=O) groups is 2. The van der Waals surface area contributed by atoms with Crippen LogP contribution in [0, 0.1) is 0 Å². The zero-order chi connectivity index (χ0) is 21.4. The molecule has 152 valence electrons. The molecule has 1 aliphatic heterocycles. The molecule has 0 aromatic heterocycles. The minimum absolute atomic E-state index is 0.485. The Morgan fingerprint density at radius 1 is 1.10 bits per heavy atom. The predicted molar refractivity (Wildman–Crippen MR) is 115 cm³/mol. The Kier molecular flexibility index (Phi) is 5.26. The number of benzene rings is 2. The molecule has 0 spiro atoms. The second kappa shape index (κ2) is 7.39. The van der Waals surface area contributed by atoms with Crippen LogP contribution < -0.4 is 9.64 Å². The van der Waals surface area contributed by atoms with Gasteiger partial charge in [0.25, 0.3) is 0 Å². The number of methoxy groups -OCH3 is 1. The molecule has 5 heteroatoms. The quantitative estimate of drug-likeness (QED) is 0.648. The lowest BCUT2D eigenvalue weighted by atomic mass is 9.85. The van der Waals surface area contributed by atoms with Crippen LogP contribution in [0.4, 0.5) is 10.5 Å². The number of amides is 1. The van der Waals surface area contributed by atoms with E-state index in [1.54, 1.807) is 12.0 Å². The number of aldehydes is 1. The topological polar surface area (TPSA) is 55.8 Å². The fraction of sp³-hybridized carbons (Fsp3) is 0.333. The number of ether oxygens (including phenoxy) is 2. The zero-order valence-corrected chi connectivity index (χ0v) is 17.8. The Morgan fingerprint density at radius 3 is 2.41 bits per heavy atom. The molecule has 0 saturated carbocycles. The molecule has 3 rings (SSSR count). The van der Waals surface area contributed by atoms with Gasteiger partial charge in [-0.05, 0) is 70.0 Å². The van der Waals surface area contributed by atoms with Crippen LogP contribution in [-0.4, -0.2) is 30.6 Å². The van der Waals surface area contributed by atoms with Gasteiger partial charge in [0, 0.05) is 11.1 Å². The Morgan fingerprint density at radius 2 is 1.79 bits per heavy atom. The van der Waals surface area contributed by atoms with Gasteiger partial charge in [0.2, 0.25) is 0 Å². The van der Waals surface area contributed by atoms with Crippen LogP contribution in [0.15, 0.2) is 48.0 Å². The molecule has 1 heterocycles. The van der Waals surface area contributed by atoms with Crippen molar-refractivity contribution in [2.75, 3.05) is 12.0 Å². The van der Waals surface area contributed by atoms with Crippen LogP contribution in [0.2, 0.25) is 0 Å². The third kappa shape index (κ3) is 3.90. The fourth-order valence-electron chi connectivity index (χ4n) is 3.51. The van der Waals surface area contributed by atoms with Gasteiger partial charge < -0.3 is 9.47 Å². The summed E-state index contributed by atoms with van der Waals surface area (Å²) < 4.78 is 11.1. The number of para-hydroxylation sites is 1. The lowest BCUT2D eigenvalue weighted by molar-refractivity contribution is -0.105. The van der Waals surface area contributed by atoms with E-state index in [2.05, 4.69) is 0 Å². The minimum atomic E-state index is -0.830. The Bertz CT molecular complexity index is 983. The number of fused-ring (bicyclic) bond motifs is 1. The first-order chi connectivity index (χ1) is 13.6. The van der Waals surface area contributed by atoms with Gasteiger partial charge in [-0.3, -0.25) is 9.69 Å². The van der Waals surface area contributed by atoms with Crippen molar-refractivity contribution in [2.45, 2.75) is 45.8 Å². The summed E-state index contributed by atoms with van der Waals surface area (Å²) in [5.74, 6) is 0.757. The van der Waals surface area contributed by atoms with E-state index in [0.29, 0.717) is 11.3 Å². The summed E-state index contributed by atoms with van der Waals surface area (Å²) in [6, 6.07) is 13.5. The van der Waals surface area contributed by atoms with Crippen LogP contribution in [-0.2, 0) is 9.53 Å². The second-order valence-electron chi connectivity index (χ2n) is 8.57. The summed E-state index contributed by atoms with van der Waals surface area (Å²) in [6.45, 7) is 9.15. The van der Waals surface area contributed by atoms with Crippen LogP contribution in [0.25, 0.3) is 17.2 Å². The van der Waals surface area contributed by atoms with E-state index in [4.69, 9.17) is 9.47 Å². The maximum atomic E-state index is 13.0. The predicted octanol–water partition coefficient (Wildman–Crippen LogP) is 5.48. The Labute approximate surface area is 171 Å². The molecular weight excluding hydrogens is 366 g/mol. The third-order valence-electron chi connectivity index (χ3n) is 4.97. The van der Waals surface area contributed by atoms with Crippen molar-refractivity contribution in [3.8, 4) is 16.9 Å². The van der Waals surface area contributed by atoms with Gasteiger partial charge in [-0.2, -0.15) is 0 Å². The molecule has 0 aliphatic carbocycles. The molecule has 29 heavy (non-hydrogen) atoms. The first-order valence-corrected chi connectivity index (χ1v) is 9.56. The molecule has 0 bridgehead atoms. The summed E-state index contributed by atoms with van der Waals surface area (Å²) in [6.07, 6.45) is 2.15. The van der Waals surface area contributed by atoms with Crippen molar-refractivity contribution < 1.29 is 19.1 Å². The molecule has 0 atom stereocenters. The summed E-state index contributed by atoms with van der Waals surface area (Å²) in [7, 11) is 1.63. The standard InChI is InChI=1S/C24H27NO4/c1-23(2,3)29-22(27)25-20-12-11-16(19-9-7-8-10-21(19)28-6)13-17(20)14-18(15-26)24(25,4)5/h7-15H,1-6H3. The Balaban J connectivity index is 2.15. The molecule has 0 radical (unpaired) electrons. The van der Waals surface area contributed by atoms with E-state index in [0.717, 1.165) is 28.7 Å². The zero-order valence-electron chi connectivity index (χ0n) is 17.8. The van der Waals surface area contributed by atoms with Gasteiger partial charge in [0.05, 0.1) is 18.3 Å². The summed E-state index contributed by atoms with van der Waals surface area (Å²) >= 11 is 0. The van der Waals surface area contributed by atoms with Crippen molar-refractivity contribution in [1.82, 2.24) is 0 Å². The number of anilines is 1. The van der Waals surface area contributed by atoms with Gasteiger partial charge in [-0.15, -0.1) is 0 Å². The summed E-state index contributed by atoms with van der Waals surface area (Å²) in [4.78, 5) is 26.4. The van der Waals surface area contributed by atoms with Crippen molar-refractivity contribution in [2.24, 2.45) is 0 Å².